The van der Waals surface area contributed by atoms with E-state index >= 15 is 0 Å². The second-order valence-electron chi connectivity index (χ2n) is 13.0. The Hall–Kier alpha value is -4.88. The predicted molar refractivity (Wildman–Crippen MR) is 193 cm³/mol. The molecule has 0 saturated heterocycles. The second-order valence-corrected chi connectivity index (χ2v) is 14.6. The highest BCUT2D eigenvalue weighted by atomic mass is 32.2. The van der Waals surface area contributed by atoms with Crippen LogP contribution in [-0.4, -0.2) is 83.9 Å². The number of hydrogen-bond donors (Lipinski definition) is 2. The Labute approximate surface area is 299 Å². The van der Waals surface area contributed by atoms with E-state index in [2.05, 4.69) is 18.6 Å². The Kier molecular flexibility index (Phi) is 11.0. The molecule has 6 rings (SSSR count). The third-order valence-corrected chi connectivity index (χ3v) is 10.7. The Morgan fingerprint density at radius 1 is 0.941 bits per heavy atom. The third kappa shape index (κ3) is 7.74. The van der Waals surface area contributed by atoms with Crippen LogP contribution in [0.4, 0.5) is 5.69 Å². The summed E-state index contributed by atoms with van der Waals surface area (Å²) in [7, 11) is -4.11. The van der Waals surface area contributed by atoms with Gasteiger partial charge in [0, 0.05) is 37.1 Å². The van der Waals surface area contributed by atoms with Gasteiger partial charge in [0.05, 0.1) is 28.8 Å². The fraction of sp³-hybridized carbons (Fsp3) is 0.395. The summed E-state index contributed by atoms with van der Waals surface area (Å²) in [5.41, 5.74) is 3.62. The molecule has 1 aromatic heterocycles. The number of anilines is 1. The minimum atomic E-state index is -4.11. The Morgan fingerprint density at radius 3 is 2.35 bits per heavy atom. The lowest BCUT2D eigenvalue weighted by atomic mass is 9.93. The maximum atomic E-state index is 14.6. The van der Waals surface area contributed by atoms with E-state index in [-0.39, 0.29) is 40.9 Å². The number of aryl methyl sites for hydroxylation is 1. The van der Waals surface area contributed by atoms with Gasteiger partial charge in [-0.2, -0.15) is 5.10 Å². The molecule has 0 bridgehead atoms. The van der Waals surface area contributed by atoms with Gasteiger partial charge in [-0.25, -0.2) is 13.1 Å². The van der Waals surface area contributed by atoms with E-state index in [0.29, 0.717) is 55.6 Å². The zero-order chi connectivity index (χ0) is 36.1. The third-order valence-electron chi connectivity index (χ3n) is 9.32. The summed E-state index contributed by atoms with van der Waals surface area (Å²) < 4.78 is 42.5. The molecule has 3 aromatic carbocycles. The molecular formula is C38H45N5O7S. The van der Waals surface area contributed by atoms with Crippen LogP contribution in [0, 0.1) is 6.92 Å². The number of rotatable bonds is 13. The van der Waals surface area contributed by atoms with Crippen LogP contribution in [0.25, 0.3) is 5.69 Å². The average molecular weight is 716 g/mol. The largest absolute Gasteiger partial charge is 0.486 e. The van der Waals surface area contributed by atoms with Gasteiger partial charge in [-0.3, -0.25) is 14.3 Å². The van der Waals surface area contributed by atoms with Gasteiger partial charge in [-0.05, 0) is 73.7 Å². The fourth-order valence-corrected chi connectivity index (χ4v) is 7.57. The number of hydrogen-bond acceptors (Lipinski definition) is 8. The van der Waals surface area contributed by atoms with Crippen LogP contribution >= 0.6 is 0 Å². The SMILES string of the molecule is CCCCN(CCCC)C(=O)c1cc(C)n(-c2ccc(NS(=O)(=O)c3ccc4c(c3)OCCO4)cc2C(=O)N2Cc3ccccc3C[C@H]2CO)n1. The molecule has 4 aromatic rings. The number of unbranched alkanes of at least 4 members (excludes halogenated alkanes) is 2. The van der Waals surface area contributed by atoms with E-state index in [4.69, 9.17) is 14.6 Å². The minimum absolute atomic E-state index is 0.0292. The van der Waals surface area contributed by atoms with E-state index in [9.17, 15) is 23.1 Å². The molecule has 0 spiro atoms. The zero-order valence-electron chi connectivity index (χ0n) is 29.3. The Bertz CT molecular complexity index is 2000. The maximum Gasteiger partial charge on any atom is 0.274 e. The highest BCUT2D eigenvalue weighted by molar-refractivity contribution is 7.92. The van der Waals surface area contributed by atoms with Crippen molar-refractivity contribution in [2.45, 2.75) is 70.4 Å². The highest BCUT2D eigenvalue weighted by Crippen LogP contribution is 2.34. The van der Waals surface area contributed by atoms with E-state index in [0.717, 1.165) is 36.8 Å². The summed E-state index contributed by atoms with van der Waals surface area (Å²) in [6.45, 7) is 7.93. The first-order valence-corrected chi connectivity index (χ1v) is 19.0. The van der Waals surface area contributed by atoms with Crippen LogP contribution in [0.2, 0.25) is 0 Å². The highest BCUT2D eigenvalue weighted by Gasteiger charge is 2.32. The standard InChI is InChI=1S/C38H45N5O7S/c1-4-6-16-41(17-7-5-2)38(46)33-20-26(3)43(39-33)34-14-12-29(40-51(47,48)31-13-15-35-36(23-31)50-19-18-49-35)22-32(34)37(45)42-24-28-11-9-8-10-27(28)21-30(42)25-44/h8-15,20,22-23,30,40,44H,4-7,16-19,21,24-25H2,1-3H3/t30-/m0/s1. The predicted octanol–water partition coefficient (Wildman–Crippen LogP) is 5.35. The van der Waals surface area contributed by atoms with Crippen LogP contribution in [0.5, 0.6) is 11.5 Å². The van der Waals surface area contributed by atoms with Gasteiger partial charge in [-0.1, -0.05) is 51.0 Å². The van der Waals surface area contributed by atoms with Gasteiger partial charge in [-0.15, -0.1) is 0 Å². The molecule has 0 unspecified atom stereocenters. The minimum Gasteiger partial charge on any atom is -0.486 e. The summed E-state index contributed by atoms with van der Waals surface area (Å²) in [5, 5.41) is 15.1. The number of fused-ring (bicyclic) bond motifs is 2. The smallest absolute Gasteiger partial charge is 0.274 e. The van der Waals surface area contributed by atoms with Gasteiger partial charge >= 0.3 is 0 Å². The maximum absolute atomic E-state index is 14.6. The van der Waals surface area contributed by atoms with E-state index in [1.54, 1.807) is 33.8 Å². The van der Waals surface area contributed by atoms with E-state index < -0.39 is 22.0 Å². The van der Waals surface area contributed by atoms with Crippen molar-refractivity contribution in [3.05, 3.63) is 94.8 Å². The van der Waals surface area contributed by atoms with Crippen molar-refractivity contribution in [3.8, 4) is 17.2 Å². The van der Waals surface area contributed by atoms with Gasteiger partial charge in [0.25, 0.3) is 21.8 Å². The van der Waals surface area contributed by atoms with Crippen LogP contribution in [0.15, 0.2) is 71.6 Å². The van der Waals surface area contributed by atoms with Gasteiger partial charge < -0.3 is 24.4 Å². The molecule has 0 aliphatic carbocycles. The zero-order valence-corrected chi connectivity index (χ0v) is 30.1. The van der Waals surface area contributed by atoms with Crippen molar-refractivity contribution >= 4 is 27.5 Å². The van der Waals surface area contributed by atoms with Crippen LogP contribution in [-0.2, 0) is 23.0 Å². The first kappa shape index (κ1) is 35.9. The lowest BCUT2D eigenvalue weighted by molar-refractivity contribution is 0.0544. The summed E-state index contributed by atoms with van der Waals surface area (Å²) in [5.74, 6) is 0.209. The molecule has 2 aliphatic heterocycles. The molecule has 3 heterocycles. The molecule has 0 saturated carbocycles. The normalized spacial score (nSPS) is 15.3. The second kappa shape index (κ2) is 15.6. The number of nitrogens with zero attached hydrogens (tertiary/aromatic N) is 4. The summed E-state index contributed by atoms with van der Waals surface area (Å²) in [6.07, 6.45) is 4.13. The van der Waals surface area contributed by atoms with Gasteiger partial charge in [0.2, 0.25) is 0 Å². The Balaban J connectivity index is 1.39. The average Bonchev–Trinajstić information content (AvgIpc) is 3.54. The number of carbonyl (C=O) groups is 2. The number of nitrogens with one attached hydrogen (secondary N) is 1. The molecule has 270 valence electrons. The van der Waals surface area contributed by atoms with Crippen LogP contribution < -0.4 is 14.2 Å². The monoisotopic (exact) mass is 715 g/mol. The van der Waals surface area contributed by atoms with Crippen LogP contribution in [0.1, 0.15) is 77.2 Å². The number of aliphatic hydroxyl groups is 1. The van der Waals surface area contributed by atoms with Gasteiger partial charge in [0.15, 0.2) is 17.2 Å². The topological polar surface area (TPSA) is 143 Å². The molecular weight excluding hydrogens is 671 g/mol. The van der Waals surface area contributed by atoms with Crippen molar-refractivity contribution in [2.24, 2.45) is 0 Å². The number of benzene rings is 3. The lowest BCUT2D eigenvalue weighted by Crippen LogP contribution is -2.46. The quantitative estimate of drug-likeness (QED) is 0.189. The number of sulfonamides is 1. The molecule has 13 heteroatoms. The van der Waals surface area contributed by atoms with Crippen molar-refractivity contribution in [1.29, 1.82) is 0 Å². The number of amides is 2. The Morgan fingerprint density at radius 2 is 1.65 bits per heavy atom. The number of aliphatic hydroxyl groups excluding tert-OH is 1. The molecule has 1 atom stereocenters. The molecule has 51 heavy (non-hydrogen) atoms. The molecule has 2 aliphatic rings. The first-order valence-electron chi connectivity index (χ1n) is 17.5. The van der Waals surface area contributed by atoms with E-state index in [1.807, 2.05) is 36.1 Å². The lowest BCUT2D eigenvalue weighted by Gasteiger charge is -2.36. The number of aromatic nitrogens is 2. The molecule has 2 N–H and O–H groups in total. The van der Waals surface area contributed by atoms with Crippen molar-refractivity contribution in [1.82, 2.24) is 19.6 Å². The number of carbonyl (C=O) groups excluding carboxylic acids is 2. The van der Waals surface area contributed by atoms with Crippen molar-refractivity contribution in [3.63, 3.8) is 0 Å². The molecule has 12 nitrogen and oxygen atoms in total. The summed E-state index contributed by atoms with van der Waals surface area (Å²) in [6, 6.07) is 18.1. The van der Waals surface area contributed by atoms with Crippen molar-refractivity contribution in [2.75, 3.05) is 37.6 Å². The van der Waals surface area contributed by atoms with Gasteiger partial charge in [0.1, 0.15) is 13.2 Å². The van der Waals surface area contributed by atoms with Crippen LogP contribution in [0.3, 0.4) is 0 Å². The molecule has 0 fully saturated rings. The molecule has 0 radical (unpaired) electrons. The summed E-state index contributed by atoms with van der Waals surface area (Å²) in [4.78, 5) is 31.7. The van der Waals surface area contributed by atoms with E-state index in [1.165, 1.54) is 18.2 Å². The number of ether oxygens (including phenoxy) is 2. The first-order chi connectivity index (χ1) is 24.6. The fourth-order valence-electron chi connectivity index (χ4n) is 6.50. The molecule has 2 amide bonds. The summed E-state index contributed by atoms with van der Waals surface area (Å²) >= 11 is 0. The van der Waals surface area contributed by atoms with Crippen molar-refractivity contribution < 1.29 is 32.6 Å².